The predicted octanol–water partition coefficient (Wildman–Crippen LogP) is 2.06. The first kappa shape index (κ1) is 18.2. The highest BCUT2D eigenvalue weighted by atomic mass is 32.2. The van der Waals surface area contributed by atoms with E-state index in [1.807, 2.05) is 60.7 Å². The first-order valence-corrected chi connectivity index (χ1v) is 9.53. The molecular weight excluding hydrogens is 326 g/mol. The van der Waals surface area contributed by atoms with Crippen molar-refractivity contribution in [3.05, 3.63) is 71.8 Å². The maximum Gasteiger partial charge on any atom is 0.318 e. The van der Waals surface area contributed by atoms with E-state index in [4.69, 9.17) is 5.11 Å². The van der Waals surface area contributed by atoms with E-state index in [9.17, 15) is 13.2 Å². The molecule has 0 heterocycles. The number of hydrogen-bond donors (Lipinski definition) is 2. The van der Waals surface area contributed by atoms with E-state index < -0.39 is 21.6 Å². The van der Waals surface area contributed by atoms with Gasteiger partial charge in [-0.05, 0) is 17.5 Å². The van der Waals surface area contributed by atoms with Crippen LogP contribution in [0, 0.1) is 0 Å². The number of hydrogen-bond acceptors (Lipinski definition) is 4. The average molecular weight is 347 g/mol. The van der Waals surface area contributed by atoms with Crippen molar-refractivity contribution in [2.24, 2.45) is 0 Å². The predicted molar refractivity (Wildman–Crippen MR) is 93.6 cm³/mol. The maximum atomic E-state index is 11.7. The third-order valence-electron chi connectivity index (χ3n) is 3.63. The number of carboxylic acids is 1. The summed E-state index contributed by atoms with van der Waals surface area (Å²) in [6.45, 7) is 0.210. The molecule has 2 rings (SSSR count). The Hall–Kier alpha value is -2.18. The first-order chi connectivity index (χ1) is 11.5. The molecular formula is C18H21NO4S. The molecule has 5 nitrogen and oxygen atoms in total. The summed E-state index contributed by atoms with van der Waals surface area (Å²) in [6.07, 6.45) is 0.726. The Bertz CT molecular complexity index is 745. The second-order valence-electron chi connectivity index (χ2n) is 5.59. The Kier molecular flexibility index (Phi) is 6.52. The van der Waals surface area contributed by atoms with Crippen molar-refractivity contribution in [2.75, 3.05) is 18.1 Å². The molecule has 0 aromatic heterocycles. The Morgan fingerprint density at radius 3 is 2.17 bits per heavy atom. The highest BCUT2D eigenvalue weighted by Crippen LogP contribution is 2.18. The van der Waals surface area contributed by atoms with Crippen molar-refractivity contribution in [1.29, 1.82) is 0 Å². The van der Waals surface area contributed by atoms with E-state index >= 15 is 0 Å². The van der Waals surface area contributed by atoms with Crippen LogP contribution in [0.4, 0.5) is 0 Å². The van der Waals surface area contributed by atoms with Gasteiger partial charge in [-0.25, -0.2) is 8.42 Å². The number of rotatable bonds is 9. The molecule has 0 aliphatic carbocycles. The topological polar surface area (TPSA) is 83.5 Å². The number of carboxylic acid groups (broad SMARTS) is 1. The fourth-order valence-electron chi connectivity index (χ4n) is 2.49. The molecule has 24 heavy (non-hydrogen) atoms. The molecule has 0 spiro atoms. The van der Waals surface area contributed by atoms with Crippen LogP contribution in [0.1, 0.15) is 17.2 Å². The molecule has 0 fully saturated rings. The Morgan fingerprint density at radius 2 is 1.58 bits per heavy atom. The lowest BCUT2D eigenvalue weighted by atomic mass is 9.99. The molecule has 128 valence electrons. The van der Waals surface area contributed by atoms with Gasteiger partial charge in [0.15, 0.2) is 9.84 Å². The zero-order valence-corrected chi connectivity index (χ0v) is 14.1. The van der Waals surface area contributed by atoms with Crippen molar-refractivity contribution >= 4 is 15.8 Å². The smallest absolute Gasteiger partial charge is 0.318 e. The second-order valence-corrected chi connectivity index (χ2v) is 7.78. The molecule has 2 aromatic rings. The summed E-state index contributed by atoms with van der Waals surface area (Å²) in [7, 11) is -3.59. The van der Waals surface area contributed by atoms with E-state index in [2.05, 4.69) is 5.32 Å². The summed E-state index contributed by atoms with van der Waals surface area (Å²) < 4.78 is 23.4. The third-order valence-corrected chi connectivity index (χ3v) is 5.14. The molecule has 0 bridgehead atoms. The van der Waals surface area contributed by atoms with Crippen molar-refractivity contribution in [1.82, 2.24) is 5.32 Å². The van der Waals surface area contributed by atoms with Crippen LogP contribution in [-0.2, 0) is 21.1 Å². The van der Waals surface area contributed by atoms with E-state index in [-0.39, 0.29) is 18.3 Å². The fraction of sp³-hybridized carbons (Fsp3) is 0.278. The highest BCUT2D eigenvalue weighted by Gasteiger charge is 2.17. The minimum absolute atomic E-state index is 0.0337. The van der Waals surface area contributed by atoms with Crippen LogP contribution in [0.25, 0.3) is 0 Å². The minimum atomic E-state index is -3.59. The Balaban J connectivity index is 2.03. The summed E-state index contributed by atoms with van der Waals surface area (Å²) in [5.41, 5.74) is 2.21. The van der Waals surface area contributed by atoms with Crippen LogP contribution >= 0.6 is 0 Å². The van der Waals surface area contributed by atoms with Gasteiger partial charge < -0.3 is 10.4 Å². The molecule has 2 N–H and O–H groups in total. The number of nitrogens with one attached hydrogen (secondary N) is 1. The normalized spacial score (nSPS) is 12.7. The lowest BCUT2D eigenvalue weighted by Crippen LogP contribution is -2.30. The van der Waals surface area contributed by atoms with E-state index in [0.29, 0.717) is 0 Å². The van der Waals surface area contributed by atoms with Crippen LogP contribution in [0.3, 0.4) is 0 Å². The summed E-state index contributed by atoms with van der Waals surface area (Å²) in [4.78, 5) is 10.6. The molecule has 0 aliphatic rings. The quantitative estimate of drug-likeness (QED) is 0.725. The van der Waals surface area contributed by atoms with Gasteiger partial charge in [0, 0.05) is 12.6 Å². The first-order valence-electron chi connectivity index (χ1n) is 7.71. The Labute approximate surface area is 142 Å². The summed E-state index contributed by atoms with van der Waals surface area (Å²) in [5.74, 6) is -2.35. The van der Waals surface area contributed by atoms with E-state index in [1.165, 1.54) is 0 Å². The summed E-state index contributed by atoms with van der Waals surface area (Å²) in [5, 5.41) is 11.9. The van der Waals surface area contributed by atoms with Gasteiger partial charge in [-0.2, -0.15) is 0 Å². The van der Waals surface area contributed by atoms with E-state index in [1.54, 1.807) is 0 Å². The van der Waals surface area contributed by atoms with E-state index in [0.717, 1.165) is 17.5 Å². The third kappa shape index (κ3) is 6.14. The molecule has 2 aromatic carbocycles. The highest BCUT2D eigenvalue weighted by molar-refractivity contribution is 7.92. The molecule has 0 radical (unpaired) electrons. The van der Waals surface area contributed by atoms with Gasteiger partial charge in [-0.15, -0.1) is 0 Å². The summed E-state index contributed by atoms with van der Waals surface area (Å²) in [6, 6.07) is 19.7. The molecule has 0 amide bonds. The monoisotopic (exact) mass is 347 g/mol. The lowest BCUT2D eigenvalue weighted by Gasteiger charge is -2.19. The van der Waals surface area contributed by atoms with Crippen LogP contribution in [0.5, 0.6) is 0 Å². The van der Waals surface area contributed by atoms with Gasteiger partial charge in [0.05, 0.1) is 5.75 Å². The summed E-state index contributed by atoms with van der Waals surface area (Å²) >= 11 is 0. The number of carbonyl (C=O) groups is 1. The Morgan fingerprint density at radius 1 is 1.00 bits per heavy atom. The largest absolute Gasteiger partial charge is 0.480 e. The molecule has 1 unspecified atom stereocenters. The van der Waals surface area contributed by atoms with Crippen LogP contribution in [-0.4, -0.2) is 37.5 Å². The average Bonchev–Trinajstić information content (AvgIpc) is 2.54. The number of benzene rings is 2. The molecule has 1 atom stereocenters. The fourth-order valence-corrected chi connectivity index (χ4v) is 3.44. The van der Waals surface area contributed by atoms with Crippen LogP contribution in [0.2, 0.25) is 0 Å². The SMILES string of the molecule is O=C(O)CS(=O)(=O)CCNC(Cc1ccccc1)c1ccccc1. The van der Waals surface area contributed by atoms with Gasteiger partial charge in [0.2, 0.25) is 0 Å². The van der Waals surface area contributed by atoms with Crippen molar-refractivity contribution < 1.29 is 18.3 Å². The van der Waals surface area contributed by atoms with Gasteiger partial charge in [0.1, 0.15) is 5.75 Å². The number of aliphatic carboxylic acids is 1. The lowest BCUT2D eigenvalue weighted by molar-refractivity contribution is -0.134. The van der Waals surface area contributed by atoms with Crippen molar-refractivity contribution in [3.63, 3.8) is 0 Å². The minimum Gasteiger partial charge on any atom is -0.480 e. The standard InChI is InChI=1S/C18H21NO4S/c20-18(21)14-24(22,23)12-11-19-17(16-9-5-2-6-10-16)13-15-7-3-1-4-8-15/h1-10,17,19H,11-14H2,(H,20,21). The van der Waals surface area contributed by atoms with Gasteiger partial charge in [-0.3, -0.25) is 4.79 Å². The molecule has 6 heteroatoms. The van der Waals surface area contributed by atoms with Gasteiger partial charge >= 0.3 is 5.97 Å². The van der Waals surface area contributed by atoms with Crippen LogP contribution in [0.15, 0.2) is 60.7 Å². The van der Waals surface area contributed by atoms with Gasteiger partial charge in [0.25, 0.3) is 0 Å². The van der Waals surface area contributed by atoms with Gasteiger partial charge in [-0.1, -0.05) is 60.7 Å². The number of sulfone groups is 1. The second kappa shape index (κ2) is 8.61. The van der Waals surface area contributed by atoms with Crippen molar-refractivity contribution in [3.8, 4) is 0 Å². The molecule has 0 saturated carbocycles. The molecule has 0 saturated heterocycles. The zero-order chi connectivity index (χ0) is 17.4. The van der Waals surface area contributed by atoms with Crippen LogP contribution < -0.4 is 5.32 Å². The maximum absolute atomic E-state index is 11.7. The zero-order valence-electron chi connectivity index (χ0n) is 13.3. The molecule has 0 aliphatic heterocycles. The van der Waals surface area contributed by atoms with Crippen molar-refractivity contribution in [2.45, 2.75) is 12.5 Å².